The Morgan fingerprint density at radius 3 is 2.52 bits per heavy atom. The summed E-state index contributed by atoms with van der Waals surface area (Å²) in [7, 11) is 3.33. The highest BCUT2D eigenvalue weighted by atomic mass is 16.5. The number of amides is 1. The van der Waals surface area contributed by atoms with E-state index in [0.29, 0.717) is 11.6 Å². The molecule has 0 saturated carbocycles. The average molecular weight is 396 g/mol. The number of pyridine rings is 1. The lowest BCUT2D eigenvalue weighted by molar-refractivity contribution is 0.0677. The zero-order valence-corrected chi connectivity index (χ0v) is 17.5. The summed E-state index contributed by atoms with van der Waals surface area (Å²) in [6.07, 6.45) is 5.03. The number of likely N-dealkylation sites (tertiary alicyclic amines) is 1. The van der Waals surface area contributed by atoms with Crippen LogP contribution in [-0.2, 0) is 13.0 Å². The third kappa shape index (κ3) is 4.02. The Labute approximate surface area is 172 Å². The maximum absolute atomic E-state index is 12.8. The fraction of sp³-hybridized carbons (Fsp3) is 0.478. The van der Waals surface area contributed by atoms with Crippen molar-refractivity contribution in [1.82, 2.24) is 9.88 Å². The van der Waals surface area contributed by atoms with Crippen LogP contribution in [0.5, 0.6) is 11.5 Å². The molecule has 0 bridgehead atoms. The number of hydrogen-bond donors (Lipinski definition) is 0. The first-order valence-corrected chi connectivity index (χ1v) is 10.3. The molecule has 2 aliphatic rings. The lowest BCUT2D eigenvalue weighted by atomic mass is 9.98. The quantitative estimate of drug-likeness (QED) is 0.793. The van der Waals surface area contributed by atoms with Crippen molar-refractivity contribution in [3.8, 4) is 11.5 Å². The van der Waals surface area contributed by atoms with Gasteiger partial charge in [-0.1, -0.05) is 6.92 Å². The number of carbonyl (C=O) groups excluding carboxylic acids is 1. The second-order valence-corrected chi connectivity index (χ2v) is 8.05. The molecule has 0 aliphatic carbocycles. The van der Waals surface area contributed by atoms with Gasteiger partial charge in [0.1, 0.15) is 5.69 Å². The smallest absolute Gasteiger partial charge is 0.272 e. The van der Waals surface area contributed by atoms with E-state index in [-0.39, 0.29) is 5.91 Å². The summed E-state index contributed by atoms with van der Waals surface area (Å²) in [6.45, 7) is 5.56. The lowest BCUT2D eigenvalue weighted by Gasteiger charge is -2.32. The van der Waals surface area contributed by atoms with E-state index in [1.807, 2.05) is 23.2 Å². The normalized spacial score (nSPS) is 18.9. The SMILES string of the molecule is COc1cc2c(cc1OC)CN(c1ccc(C(=O)N3CCCC(C)C3)nc1)CC2. The van der Waals surface area contributed by atoms with Crippen molar-refractivity contribution >= 4 is 11.6 Å². The highest BCUT2D eigenvalue weighted by molar-refractivity contribution is 5.92. The molecule has 1 atom stereocenters. The van der Waals surface area contributed by atoms with Crippen LogP contribution in [0.2, 0.25) is 0 Å². The largest absolute Gasteiger partial charge is 0.493 e. The van der Waals surface area contributed by atoms with Crippen molar-refractivity contribution in [2.75, 3.05) is 38.8 Å². The topological polar surface area (TPSA) is 54.9 Å². The van der Waals surface area contributed by atoms with Gasteiger partial charge in [-0.2, -0.15) is 0 Å². The molecule has 2 aliphatic heterocycles. The van der Waals surface area contributed by atoms with E-state index < -0.39 is 0 Å². The summed E-state index contributed by atoms with van der Waals surface area (Å²) >= 11 is 0. The fourth-order valence-electron chi connectivity index (χ4n) is 4.34. The van der Waals surface area contributed by atoms with Gasteiger partial charge in [0.15, 0.2) is 11.5 Å². The number of nitrogens with zero attached hydrogens (tertiary/aromatic N) is 3. The molecule has 1 saturated heterocycles. The van der Waals surface area contributed by atoms with Crippen LogP contribution >= 0.6 is 0 Å². The van der Waals surface area contributed by atoms with Crippen molar-refractivity contribution in [3.63, 3.8) is 0 Å². The highest BCUT2D eigenvalue weighted by Gasteiger charge is 2.24. The summed E-state index contributed by atoms with van der Waals surface area (Å²) in [6, 6.07) is 8.01. The number of anilines is 1. The number of piperidine rings is 1. The number of hydrogen-bond acceptors (Lipinski definition) is 5. The molecule has 1 fully saturated rings. The monoisotopic (exact) mass is 395 g/mol. The minimum absolute atomic E-state index is 0.0453. The number of aromatic nitrogens is 1. The summed E-state index contributed by atoms with van der Waals surface area (Å²) in [5.41, 5.74) is 4.09. The highest BCUT2D eigenvalue weighted by Crippen LogP contribution is 2.34. The number of rotatable bonds is 4. The van der Waals surface area contributed by atoms with Gasteiger partial charge in [0.25, 0.3) is 5.91 Å². The van der Waals surface area contributed by atoms with Crippen molar-refractivity contribution in [1.29, 1.82) is 0 Å². The predicted octanol–water partition coefficient (Wildman–Crippen LogP) is 3.53. The Kier molecular flexibility index (Phi) is 5.60. The first kappa shape index (κ1) is 19.6. The van der Waals surface area contributed by atoms with Gasteiger partial charge in [0, 0.05) is 26.2 Å². The van der Waals surface area contributed by atoms with E-state index in [1.165, 1.54) is 17.5 Å². The molecule has 1 aromatic carbocycles. The van der Waals surface area contributed by atoms with E-state index in [4.69, 9.17) is 9.47 Å². The molecule has 0 spiro atoms. The number of fused-ring (bicyclic) bond motifs is 1. The molecule has 6 heteroatoms. The van der Waals surface area contributed by atoms with Crippen LogP contribution in [0.3, 0.4) is 0 Å². The van der Waals surface area contributed by atoms with E-state index in [0.717, 1.165) is 56.2 Å². The van der Waals surface area contributed by atoms with Gasteiger partial charge < -0.3 is 19.3 Å². The molecule has 6 nitrogen and oxygen atoms in total. The van der Waals surface area contributed by atoms with Gasteiger partial charge in [-0.15, -0.1) is 0 Å². The summed E-state index contributed by atoms with van der Waals surface area (Å²) in [5, 5.41) is 0. The predicted molar refractivity (Wildman–Crippen MR) is 113 cm³/mol. The van der Waals surface area contributed by atoms with Crippen LogP contribution in [0.15, 0.2) is 30.5 Å². The Morgan fingerprint density at radius 1 is 1.10 bits per heavy atom. The van der Waals surface area contributed by atoms with Gasteiger partial charge in [-0.25, -0.2) is 4.98 Å². The third-order valence-electron chi connectivity index (χ3n) is 5.99. The molecule has 2 aromatic rings. The van der Waals surface area contributed by atoms with Crippen molar-refractivity contribution in [2.24, 2.45) is 5.92 Å². The van der Waals surface area contributed by atoms with Crippen LogP contribution in [0.25, 0.3) is 0 Å². The minimum atomic E-state index is 0.0453. The van der Waals surface area contributed by atoms with Gasteiger partial charge in [0.2, 0.25) is 0 Å². The maximum atomic E-state index is 12.8. The van der Waals surface area contributed by atoms with Crippen molar-refractivity contribution in [3.05, 3.63) is 47.3 Å². The first-order chi connectivity index (χ1) is 14.1. The van der Waals surface area contributed by atoms with E-state index in [9.17, 15) is 4.79 Å². The van der Waals surface area contributed by atoms with Gasteiger partial charge in [-0.05, 0) is 60.6 Å². The maximum Gasteiger partial charge on any atom is 0.272 e. The van der Waals surface area contributed by atoms with Crippen LogP contribution in [0.1, 0.15) is 41.4 Å². The number of benzene rings is 1. The second-order valence-electron chi connectivity index (χ2n) is 8.05. The second kappa shape index (κ2) is 8.31. The van der Waals surface area contributed by atoms with Crippen molar-refractivity contribution < 1.29 is 14.3 Å². The number of carbonyl (C=O) groups is 1. The molecule has 1 amide bonds. The van der Waals surface area contributed by atoms with E-state index in [1.54, 1.807) is 14.2 Å². The molecular formula is C23H29N3O3. The Balaban J connectivity index is 1.48. The zero-order chi connectivity index (χ0) is 20.4. The summed E-state index contributed by atoms with van der Waals surface area (Å²) in [4.78, 5) is 21.5. The van der Waals surface area contributed by atoms with Crippen LogP contribution < -0.4 is 14.4 Å². The first-order valence-electron chi connectivity index (χ1n) is 10.3. The summed E-state index contributed by atoms with van der Waals surface area (Å²) < 4.78 is 10.9. The third-order valence-corrected chi connectivity index (χ3v) is 5.99. The van der Waals surface area contributed by atoms with Crippen LogP contribution in [0, 0.1) is 5.92 Å². The standard InChI is InChI=1S/C23H29N3O3/c1-16-5-4-9-26(14-16)23(27)20-7-6-19(13-24-20)25-10-8-17-11-21(28-2)22(29-3)12-18(17)15-25/h6-7,11-13,16H,4-5,8-10,14-15H2,1-3H3. The minimum Gasteiger partial charge on any atom is -0.493 e. The molecule has 0 radical (unpaired) electrons. The van der Waals surface area contributed by atoms with E-state index in [2.05, 4.69) is 28.9 Å². The summed E-state index contributed by atoms with van der Waals surface area (Å²) in [5.74, 6) is 2.14. The molecule has 0 N–H and O–H groups in total. The Hall–Kier alpha value is -2.76. The Morgan fingerprint density at radius 2 is 1.86 bits per heavy atom. The van der Waals surface area contributed by atoms with E-state index >= 15 is 0 Å². The molecule has 3 heterocycles. The molecule has 1 aromatic heterocycles. The Bertz CT molecular complexity index is 882. The number of ether oxygens (including phenoxy) is 2. The molecule has 29 heavy (non-hydrogen) atoms. The van der Waals surface area contributed by atoms with Gasteiger partial charge in [0.05, 0.1) is 26.1 Å². The molecular weight excluding hydrogens is 366 g/mol. The van der Waals surface area contributed by atoms with Gasteiger partial charge in [-0.3, -0.25) is 4.79 Å². The number of methoxy groups -OCH3 is 2. The van der Waals surface area contributed by atoms with Gasteiger partial charge >= 0.3 is 0 Å². The zero-order valence-electron chi connectivity index (χ0n) is 17.5. The molecule has 154 valence electrons. The average Bonchev–Trinajstić information content (AvgIpc) is 2.77. The van der Waals surface area contributed by atoms with Crippen LogP contribution in [-0.4, -0.2) is 49.6 Å². The fourth-order valence-corrected chi connectivity index (χ4v) is 4.34. The lowest BCUT2D eigenvalue weighted by Crippen LogP contribution is -2.39. The van der Waals surface area contributed by atoms with Crippen LogP contribution in [0.4, 0.5) is 5.69 Å². The van der Waals surface area contributed by atoms with Crippen molar-refractivity contribution in [2.45, 2.75) is 32.7 Å². The molecule has 1 unspecified atom stereocenters. The molecule has 4 rings (SSSR count).